The number of aromatic nitrogens is 3. The third-order valence-corrected chi connectivity index (χ3v) is 6.10. The third kappa shape index (κ3) is 6.28. The number of anilines is 3. The maximum Gasteiger partial charge on any atom is 0.228 e. The van der Waals surface area contributed by atoms with Gasteiger partial charge < -0.3 is 15.1 Å². The van der Waals surface area contributed by atoms with E-state index in [2.05, 4.69) is 39.4 Å². The van der Waals surface area contributed by atoms with Gasteiger partial charge in [0.05, 0.1) is 5.69 Å². The van der Waals surface area contributed by atoms with Gasteiger partial charge in [0.25, 0.3) is 0 Å². The molecule has 1 saturated heterocycles. The Morgan fingerprint density at radius 3 is 2.79 bits per heavy atom. The van der Waals surface area contributed by atoms with Gasteiger partial charge in [-0.2, -0.15) is 0 Å². The molecule has 1 aliphatic heterocycles. The second-order valence-electron chi connectivity index (χ2n) is 8.69. The molecule has 1 aromatic carbocycles. The van der Waals surface area contributed by atoms with Crippen molar-refractivity contribution >= 4 is 23.4 Å². The molecule has 33 heavy (non-hydrogen) atoms. The Morgan fingerprint density at radius 2 is 2.00 bits per heavy atom. The number of amides is 1. The van der Waals surface area contributed by atoms with E-state index in [4.69, 9.17) is 4.98 Å². The summed E-state index contributed by atoms with van der Waals surface area (Å²) in [5.74, 6) is 1.72. The van der Waals surface area contributed by atoms with Gasteiger partial charge in [0.15, 0.2) is 0 Å². The minimum Gasteiger partial charge on any atom is -0.375 e. The average molecular weight is 445 g/mol. The Bertz CT molecular complexity index is 1040. The summed E-state index contributed by atoms with van der Waals surface area (Å²) < 4.78 is 0. The smallest absolute Gasteiger partial charge is 0.228 e. The number of hydrogen-bond acceptors (Lipinski definition) is 6. The fourth-order valence-corrected chi connectivity index (χ4v) is 4.20. The molecule has 3 aromatic rings. The minimum absolute atomic E-state index is 0.226. The second kappa shape index (κ2) is 10.9. The summed E-state index contributed by atoms with van der Waals surface area (Å²) in [6.07, 6.45) is 7.02. The summed E-state index contributed by atoms with van der Waals surface area (Å²) in [4.78, 5) is 30.5. The predicted molar refractivity (Wildman–Crippen MR) is 132 cm³/mol. The van der Waals surface area contributed by atoms with E-state index < -0.39 is 0 Å². The fraction of sp³-hybridized carbons (Fsp3) is 0.385. The number of para-hydroxylation sites is 1. The summed E-state index contributed by atoms with van der Waals surface area (Å²) in [5, 5.41) is 3.18. The Kier molecular flexibility index (Phi) is 7.50. The van der Waals surface area contributed by atoms with Gasteiger partial charge in [-0.25, -0.2) is 15.0 Å². The van der Waals surface area contributed by atoms with Crippen LogP contribution in [0.15, 0.2) is 60.9 Å². The SMILES string of the molecule is Cc1ccc(Nc2nccc([C@H]3CCCN(C(=O)CCCN(C)c4ccccc4)C3)n2)nc1. The highest BCUT2D eigenvalue weighted by atomic mass is 16.2. The summed E-state index contributed by atoms with van der Waals surface area (Å²) in [5.41, 5.74) is 3.26. The zero-order valence-corrected chi connectivity index (χ0v) is 19.4. The Morgan fingerprint density at radius 1 is 1.15 bits per heavy atom. The molecule has 0 spiro atoms. The molecule has 1 amide bonds. The first-order valence-corrected chi connectivity index (χ1v) is 11.6. The highest BCUT2D eigenvalue weighted by Crippen LogP contribution is 2.27. The van der Waals surface area contributed by atoms with E-state index in [9.17, 15) is 4.79 Å². The monoisotopic (exact) mass is 444 g/mol. The predicted octanol–water partition coefficient (Wildman–Crippen LogP) is 4.55. The number of likely N-dealkylation sites (tertiary alicyclic amines) is 1. The highest BCUT2D eigenvalue weighted by molar-refractivity contribution is 5.76. The van der Waals surface area contributed by atoms with E-state index in [0.717, 1.165) is 49.4 Å². The molecule has 0 saturated carbocycles. The number of nitrogens with one attached hydrogen (secondary N) is 1. The van der Waals surface area contributed by atoms with Gasteiger partial charge in [-0.1, -0.05) is 24.3 Å². The molecule has 172 valence electrons. The van der Waals surface area contributed by atoms with Crippen molar-refractivity contribution in [3.05, 3.63) is 72.2 Å². The first-order chi connectivity index (χ1) is 16.1. The highest BCUT2D eigenvalue weighted by Gasteiger charge is 2.25. The molecule has 7 heteroatoms. The summed E-state index contributed by atoms with van der Waals surface area (Å²) in [6.45, 7) is 4.41. The third-order valence-electron chi connectivity index (χ3n) is 6.10. The van der Waals surface area contributed by atoms with Crippen LogP contribution < -0.4 is 10.2 Å². The number of piperidine rings is 1. The van der Waals surface area contributed by atoms with Crippen LogP contribution in [0.25, 0.3) is 0 Å². The number of aryl methyl sites for hydroxylation is 1. The van der Waals surface area contributed by atoms with Crippen molar-refractivity contribution in [3.8, 4) is 0 Å². The first-order valence-electron chi connectivity index (χ1n) is 11.6. The van der Waals surface area contributed by atoms with Crippen LogP contribution in [-0.4, -0.2) is 52.4 Å². The molecule has 0 radical (unpaired) electrons. The molecule has 1 aliphatic rings. The van der Waals surface area contributed by atoms with Gasteiger partial charge in [0.1, 0.15) is 5.82 Å². The van der Waals surface area contributed by atoms with Gasteiger partial charge in [-0.3, -0.25) is 4.79 Å². The van der Waals surface area contributed by atoms with E-state index in [1.807, 2.05) is 54.4 Å². The first kappa shape index (κ1) is 22.7. The molecule has 0 unspecified atom stereocenters. The van der Waals surface area contributed by atoms with Crippen LogP contribution >= 0.6 is 0 Å². The lowest BCUT2D eigenvalue weighted by atomic mass is 9.94. The van der Waals surface area contributed by atoms with Crippen LogP contribution in [0.4, 0.5) is 17.5 Å². The number of rotatable bonds is 8. The molecule has 4 rings (SSSR count). The quantitative estimate of drug-likeness (QED) is 0.550. The fourth-order valence-electron chi connectivity index (χ4n) is 4.20. The number of benzene rings is 1. The van der Waals surface area contributed by atoms with Crippen LogP contribution in [0, 0.1) is 6.92 Å². The molecule has 0 aliphatic carbocycles. The molecule has 1 fully saturated rings. The maximum atomic E-state index is 12.9. The molecular weight excluding hydrogens is 412 g/mol. The summed E-state index contributed by atoms with van der Waals surface area (Å²) >= 11 is 0. The Labute approximate surface area is 195 Å². The van der Waals surface area contributed by atoms with Crippen molar-refractivity contribution in [2.45, 2.75) is 38.5 Å². The van der Waals surface area contributed by atoms with Crippen molar-refractivity contribution in [1.82, 2.24) is 19.9 Å². The second-order valence-corrected chi connectivity index (χ2v) is 8.69. The number of hydrogen-bond donors (Lipinski definition) is 1. The molecule has 2 aromatic heterocycles. The zero-order valence-electron chi connectivity index (χ0n) is 19.4. The minimum atomic E-state index is 0.226. The zero-order chi connectivity index (χ0) is 23.0. The molecule has 0 bridgehead atoms. The largest absolute Gasteiger partial charge is 0.375 e. The van der Waals surface area contributed by atoms with Crippen LogP contribution in [0.1, 0.15) is 42.9 Å². The van der Waals surface area contributed by atoms with Crippen LogP contribution in [-0.2, 0) is 4.79 Å². The van der Waals surface area contributed by atoms with Crippen LogP contribution in [0.5, 0.6) is 0 Å². The van der Waals surface area contributed by atoms with Gasteiger partial charge in [-0.05, 0) is 56.0 Å². The van der Waals surface area contributed by atoms with Crippen molar-refractivity contribution in [2.75, 3.05) is 36.9 Å². The lowest BCUT2D eigenvalue weighted by Crippen LogP contribution is -2.39. The van der Waals surface area contributed by atoms with Crippen molar-refractivity contribution in [1.29, 1.82) is 0 Å². The summed E-state index contributed by atoms with van der Waals surface area (Å²) in [6, 6.07) is 16.2. The van der Waals surface area contributed by atoms with E-state index in [0.29, 0.717) is 18.9 Å². The topological polar surface area (TPSA) is 74.2 Å². The number of carbonyl (C=O) groups is 1. The van der Waals surface area contributed by atoms with E-state index in [1.165, 1.54) is 5.69 Å². The summed E-state index contributed by atoms with van der Waals surface area (Å²) in [7, 11) is 2.07. The van der Waals surface area contributed by atoms with Gasteiger partial charge in [0, 0.05) is 57.1 Å². The van der Waals surface area contributed by atoms with Gasteiger partial charge in [-0.15, -0.1) is 0 Å². The number of nitrogens with zero attached hydrogens (tertiary/aromatic N) is 5. The molecular formula is C26H32N6O. The van der Waals surface area contributed by atoms with Crippen molar-refractivity contribution < 1.29 is 4.79 Å². The van der Waals surface area contributed by atoms with Crippen molar-refractivity contribution in [3.63, 3.8) is 0 Å². The lowest BCUT2D eigenvalue weighted by molar-refractivity contribution is -0.132. The van der Waals surface area contributed by atoms with E-state index >= 15 is 0 Å². The van der Waals surface area contributed by atoms with Gasteiger partial charge >= 0.3 is 0 Å². The Balaban J connectivity index is 1.30. The lowest BCUT2D eigenvalue weighted by Gasteiger charge is -2.33. The number of carbonyl (C=O) groups excluding carboxylic acids is 1. The molecule has 3 heterocycles. The van der Waals surface area contributed by atoms with Crippen LogP contribution in [0.2, 0.25) is 0 Å². The standard InChI is InChI=1S/C26H32N6O/c1-20-12-13-24(28-18-20)30-26-27-15-14-23(29-26)21-8-6-17-32(19-21)25(33)11-7-16-31(2)22-9-4-3-5-10-22/h3-5,9-10,12-15,18,21H,6-8,11,16-17,19H2,1-2H3,(H,27,28,29,30)/t21-/m0/s1. The average Bonchev–Trinajstić information content (AvgIpc) is 2.86. The van der Waals surface area contributed by atoms with E-state index in [1.54, 1.807) is 6.20 Å². The van der Waals surface area contributed by atoms with Gasteiger partial charge in [0.2, 0.25) is 11.9 Å². The molecule has 1 atom stereocenters. The molecule has 1 N–H and O–H groups in total. The van der Waals surface area contributed by atoms with Crippen LogP contribution in [0.3, 0.4) is 0 Å². The Hall–Kier alpha value is -3.48. The van der Waals surface area contributed by atoms with E-state index in [-0.39, 0.29) is 11.8 Å². The molecule has 7 nitrogen and oxygen atoms in total. The normalized spacial score (nSPS) is 15.8. The van der Waals surface area contributed by atoms with Crippen molar-refractivity contribution in [2.24, 2.45) is 0 Å². The number of pyridine rings is 1. The maximum absolute atomic E-state index is 12.9.